The van der Waals surface area contributed by atoms with Crippen molar-refractivity contribution in [2.45, 2.75) is 6.42 Å². The Labute approximate surface area is 157 Å². The van der Waals surface area contributed by atoms with Crippen LogP contribution in [0.5, 0.6) is 23.0 Å². The first-order valence-corrected chi connectivity index (χ1v) is 8.67. The van der Waals surface area contributed by atoms with Gasteiger partial charge in [0.15, 0.2) is 23.0 Å². The van der Waals surface area contributed by atoms with Crippen molar-refractivity contribution in [1.82, 2.24) is 0 Å². The summed E-state index contributed by atoms with van der Waals surface area (Å²) in [5.74, 6) is 2.44. The van der Waals surface area contributed by atoms with Crippen LogP contribution in [0.3, 0.4) is 0 Å². The van der Waals surface area contributed by atoms with E-state index in [1.165, 1.54) is 0 Å². The number of esters is 1. The van der Waals surface area contributed by atoms with Crippen molar-refractivity contribution in [1.29, 1.82) is 0 Å². The molecule has 6 nitrogen and oxygen atoms in total. The van der Waals surface area contributed by atoms with Gasteiger partial charge in [0.25, 0.3) is 0 Å². The third kappa shape index (κ3) is 3.43. The quantitative estimate of drug-likeness (QED) is 0.596. The summed E-state index contributed by atoms with van der Waals surface area (Å²) in [6.45, 7) is 0.586. The SMILES string of the molecule is COc1ccc(CC2COC(=O)/C2=C\c2ccc3c(c2)OCO3)cc1OC. The lowest BCUT2D eigenvalue weighted by atomic mass is 9.92. The lowest BCUT2D eigenvalue weighted by Gasteiger charge is -2.12. The zero-order valence-corrected chi connectivity index (χ0v) is 15.2. The summed E-state index contributed by atoms with van der Waals surface area (Å²) in [6.07, 6.45) is 2.53. The second-order valence-electron chi connectivity index (χ2n) is 6.40. The smallest absolute Gasteiger partial charge is 0.334 e. The third-order valence-corrected chi connectivity index (χ3v) is 4.74. The Kier molecular flexibility index (Phi) is 4.62. The molecule has 1 atom stereocenters. The minimum Gasteiger partial charge on any atom is -0.493 e. The molecule has 2 aliphatic rings. The standard InChI is InChI=1S/C21H20O6/c1-23-17-5-3-13(9-19(17)24-2)7-15-11-25-21(22)16(15)8-14-4-6-18-20(10-14)27-12-26-18/h3-6,8-10,15H,7,11-12H2,1-2H3/b16-8-. The molecule has 2 aromatic rings. The first kappa shape index (κ1) is 17.3. The van der Waals surface area contributed by atoms with Crippen molar-refractivity contribution in [3.8, 4) is 23.0 Å². The highest BCUT2D eigenvalue weighted by atomic mass is 16.7. The van der Waals surface area contributed by atoms with E-state index in [-0.39, 0.29) is 18.7 Å². The van der Waals surface area contributed by atoms with E-state index in [0.29, 0.717) is 41.6 Å². The summed E-state index contributed by atoms with van der Waals surface area (Å²) < 4.78 is 26.7. The van der Waals surface area contributed by atoms with Crippen molar-refractivity contribution in [3.05, 3.63) is 53.1 Å². The number of hydrogen-bond acceptors (Lipinski definition) is 6. The Morgan fingerprint density at radius 1 is 1.00 bits per heavy atom. The van der Waals surface area contributed by atoms with Crippen LogP contribution in [0.1, 0.15) is 11.1 Å². The van der Waals surface area contributed by atoms with E-state index >= 15 is 0 Å². The Bertz CT molecular complexity index is 902. The van der Waals surface area contributed by atoms with Gasteiger partial charge in [0, 0.05) is 11.5 Å². The van der Waals surface area contributed by atoms with Crippen LogP contribution in [-0.2, 0) is 16.0 Å². The summed E-state index contributed by atoms with van der Waals surface area (Å²) in [7, 11) is 3.21. The molecule has 4 rings (SSSR count). The zero-order chi connectivity index (χ0) is 18.8. The van der Waals surface area contributed by atoms with E-state index in [2.05, 4.69) is 0 Å². The van der Waals surface area contributed by atoms with E-state index in [4.69, 9.17) is 23.7 Å². The first-order chi connectivity index (χ1) is 13.2. The van der Waals surface area contributed by atoms with Crippen molar-refractivity contribution in [2.75, 3.05) is 27.6 Å². The highest BCUT2D eigenvalue weighted by Crippen LogP contribution is 2.35. The van der Waals surface area contributed by atoms with Gasteiger partial charge >= 0.3 is 5.97 Å². The molecule has 0 amide bonds. The predicted molar refractivity (Wildman–Crippen MR) is 98.2 cm³/mol. The first-order valence-electron chi connectivity index (χ1n) is 8.67. The van der Waals surface area contributed by atoms with Crippen LogP contribution in [0.15, 0.2) is 42.0 Å². The number of methoxy groups -OCH3 is 2. The Morgan fingerprint density at radius 2 is 1.81 bits per heavy atom. The van der Waals surface area contributed by atoms with E-state index in [9.17, 15) is 4.79 Å². The number of benzene rings is 2. The van der Waals surface area contributed by atoms with Crippen molar-refractivity contribution < 1.29 is 28.5 Å². The maximum absolute atomic E-state index is 12.2. The number of rotatable bonds is 5. The largest absolute Gasteiger partial charge is 0.493 e. The van der Waals surface area contributed by atoms with Crippen LogP contribution in [0.2, 0.25) is 0 Å². The molecule has 0 bridgehead atoms. The van der Waals surface area contributed by atoms with Crippen molar-refractivity contribution in [2.24, 2.45) is 5.92 Å². The fourth-order valence-electron chi connectivity index (χ4n) is 3.34. The van der Waals surface area contributed by atoms with Crippen LogP contribution in [0.4, 0.5) is 0 Å². The molecule has 1 saturated heterocycles. The summed E-state index contributed by atoms with van der Waals surface area (Å²) in [4.78, 5) is 12.2. The van der Waals surface area contributed by atoms with Crippen molar-refractivity contribution >= 4 is 12.0 Å². The monoisotopic (exact) mass is 368 g/mol. The maximum Gasteiger partial charge on any atom is 0.334 e. The van der Waals surface area contributed by atoms with E-state index in [1.54, 1.807) is 14.2 Å². The topological polar surface area (TPSA) is 63.2 Å². The van der Waals surface area contributed by atoms with Gasteiger partial charge < -0.3 is 23.7 Å². The van der Waals surface area contributed by atoms with Crippen LogP contribution in [0, 0.1) is 5.92 Å². The van der Waals surface area contributed by atoms with E-state index in [0.717, 1.165) is 11.1 Å². The molecule has 1 fully saturated rings. The van der Waals surface area contributed by atoms with Gasteiger partial charge in [0.05, 0.1) is 20.8 Å². The molecule has 2 aromatic carbocycles. The molecule has 0 aromatic heterocycles. The van der Waals surface area contributed by atoms with Gasteiger partial charge in [-0.15, -0.1) is 0 Å². The molecular weight excluding hydrogens is 348 g/mol. The fourth-order valence-corrected chi connectivity index (χ4v) is 3.34. The van der Waals surface area contributed by atoms with Gasteiger partial charge in [-0.05, 0) is 47.9 Å². The molecule has 0 aliphatic carbocycles. The molecule has 2 heterocycles. The number of cyclic esters (lactones) is 1. The number of carbonyl (C=O) groups excluding carboxylic acids is 1. The van der Waals surface area contributed by atoms with Crippen LogP contribution >= 0.6 is 0 Å². The molecule has 1 unspecified atom stereocenters. The van der Waals surface area contributed by atoms with Gasteiger partial charge in [-0.3, -0.25) is 0 Å². The van der Waals surface area contributed by atoms with Crippen LogP contribution in [0.25, 0.3) is 6.08 Å². The average molecular weight is 368 g/mol. The second-order valence-corrected chi connectivity index (χ2v) is 6.40. The lowest BCUT2D eigenvalue weighted by molar-refractivity contribution is -0.135. The normalized spacial score (nSPS) is 19.3. The third-order valence-electron chi connectivity index (χ3n) is 4.74. The molecule has 0 N–H and O–H groups in total. The molecule has 27 heavy (non-hydrogen) atoms. The average Bonchev–Trinajstić information content (AvgIpc) is 3.29. The maximum atomic E-state index is 12.2. The summed E-state index contributed by atoms with van der Waals surface area (Å²) in [5, 5.41) is 0. The Hall–Kier alpha value is -3.15. The van der Waals surface area contributed by atoms with Crippen LogP contribution in [-0.4, -0.2) is 33.6 Å². The predicted octanol–water partition coefficient (Wildman–Crippen LogP) is 3.23. The molecule has 0 spiro atoms. The number of ether oxygens (including phenoxy) is 5. The highest BCUT2D eigenvalue weighted by Gasteiger charge is 2.31. The number of fused-ring (bicyclic) bond motifs is 1. The summed E-state index contributed by atoms with van der Waals surface area (Å²) >= 11 is 0. The van der Waals surface area contributed by atoms with Gasteiger partial charge in [-0.1, -0.05) is 12.1 Å². The van der Waals surface area contributed by atoms with Crippen molar-refractivity contribution in [3.63, 3.8) is 0 Å². The Morgan fingerprint density at radius 3 is 2.63 bits per heavy atom. The van der Waals surface area contributed by atoms with Crippen LogP contribution < -0.4 is 18.9 Å². The molecule has 140 valence electrons. The zero-order valence-electron chi connectivity index (χ0n) is 15.2. The number of carbonyl (C=O) groups is 1. The fraction of sp³-hybridized carbons (Fsp3) is 0.286. The lowest BCUT2D eigenvalue weighted by Crippen LogP contribution is -2.08. The highest BCUT2D eigenvalue weighted by molar-refractivity contribution is 5.96. The second kappa shape index (κ2) is 7.23. The van der Waals surface area contributed by atoms with Gasteiger partial charge in [0.2, 0.25) is 6.79 Å². The van der Waals surface area contributed by atoms with Gasteiger partial charge in [-0.25, -0.2) is 4.79 Å². The molecular formula is C21H20O6. The van der Waals surface area contributed by atoms with E-state index in [1.807, 2.05) is 42.5 Å². The molecule has 2 aliphatic heterocycles. The Balaban J connectivity index is 1.58. The molecule has 0 saturated carbocycles. The van der Waals surface area contributed by atoms with Gasteiger partial charge in [0.1, 0.15) is 0 Å². The molecule has 0 radical (unpaired) electrons. The number of hydrogen-bond donors (Lipinski definition) is 0. The van der Waals surface area contributed by atoms with Gasteiger partial charge in [-0.2, -0.15) is 0 Å². The van der Waals surface area contributed by atoms with E-state index < -0.39 is 0 Å². The molecule has 6 heteroatoms. The summed E-state index contributed by atoms with van der Waals surface area (Å²) in [5.41, 5.74) is 2.58. The minimum atomic E-state index is -0.279. The summed E-state index contributed by atoms with van der Waals surface area (Å²) in [6, 6.07) is 11.4. The minimum absolute atomic E-state index is 0.0268.